The molecule has 1 aromatic carbocycles. The number of rotatable bonds is 6. The van der Waals surface area contributed by atoms with Crippen molar-refractivity contribution in [3.05, 3.63) is 68.1 Å². The molecule has 26 heavy (non-hydrogen) atoms. The van der Waals surface area contributed by atoms with Crippen LogP contribution in [0.25, 0.3) is 0 Å². The van der Waals surface area contributed by atoms with Crippen molar-refractivity contribution in [2.45, 2.75) is 53.0 Å². The lowest BCUT2D eigenvalue weighted by molar-refractivity contribution is -0.121. The Kier molecular flexibility index (Phi) is 6.35. The minimum atomic E-state index is -0.375. The average molecular weight is 351 g/mol. The fraction of sp³-hybridized carbons (Fsp3) is 0.381. The lowest BCUT2D eigenvalue weighted by atomic mass is 9.98. The van der Waals surface area contributed by atoms with Gasteiger partial charge in [-0.3, -0.25) is 9.59 Å². The Morgan fingerprint density at radius 2 is 1.92 bits per heavy atom. The number of hydrogen-bond acceptors (Lipinski definition) is 3. The molecule has 2 rings (SSSR count). The molecule has 2 aromatic rings. The molecule has 0 radical (unpaired) electrons. The third kappa shape index (κ3) is 4.40. The molecule has 5 nitrogen and oxygen atoms in total. The number of pyridine rings is 1. The van der Waals surface area contributed by atoms with Crippen LogP contribution in [0.3, 0.4) is 0 Å². The number of hydrogen-bond donors (Lipinski definition) is 2. The summed E-state index contributed by atoms with van der Waals surface area (Å²) >= 11 is 0. The number of carbonyl (C=O) groups is 1. The third-order valence-electron chi connectivity index (χ3n) is 4.79. The van der Waals surface area contributed by atoms with E-state index in [2.05, 4.69) is 29.4 Å². The predicted octanol–water partition coefficient (Wildman–Crippen LogP) is 3.24. The van der Waals surface area contributed by atoms with Gasteiger partial charge < -0.3 is 10.3 Å². The van der Waals surface area contributed by atoms with Gasteiger partial charge in [0.05, 0.1) is 6.04 Å². The predicted molar refractivity (Wildman–Crippen MR) is 102 cm³/mol. The number of aromatic amines is 1. The largest absolute Gasteiger partial charge is 0.350 e. The van der Waals surface area contributed by atoms with Gasteiger partial charge in [-0.15, -0.1) is 0 Å². The van der Waals surface area contributed by atoms with E-state index in [1.165, 1.54) is 5.56 Å². The molecule has 0 saturated carbocycles. The number of aryl methyl sites for hydroxylation is 2. The molecule has 1 atom stereocenters. The molecule has 0 aliphatic rings. The summed E-state index contributed by atoms with van der Waals surface area (Å²) in [6, 6.07) is 10.1. The molecule has 5 heteroatoms. The highest BCUT2D eigenvalue weighted by atomic mass is 16.1. The molecule has 1 heterocycles. The van der Waals surface area contributed by atoms with E-state index in [1.54, 1.807) is 13.8 Å². The summed E-state index contributed by atoms with van der Waals surface area (Å²) in [4.78, 5) is 26.8. The van der Waals surface area contributed by atoms with Crippen molar-refractivity contribution in [2.24, 2.45) is 0 Å². The molecule has 2 N–H and O–H groups in total. The number of nitrogens with one attached hydrogen (secondary N) is 2. The summed E-state index contributed by atoms with van der Waals surface area (Å²) in [5.41, 5.74) is 4.31. The number of benzene rings is 1. The first-order valence-corrected chi connectivity index (χ1v) is 8.88. The van der Waals surface area contributed by atoms with Gasteiger partial charge in [-0.1, -0.05) is 31.2 Å². The molecule has 136 valence electrons. The number of aromatic nitrogens is 1. The van der Waals surface area contributed by atoms with Gasteiger partial charge >= 0.3 is 0 Å². The Morgan fingerprint density at radius 1 is 1.27 bits per heavy atom. The van der Waals surface area contributed by atoms with Crippen molar-refractivity contribution in [3.8, 4) is 6.07 Å². The molecular formula is C21H25N3O2. The standard InChI is InChI=1S/C21H25N3O2/c1-5-16-6-8-17(9-7-16)14(3)23-20(25)11-10-18-13(2)19(12-22)21(26)24-15(18)4/h6-9,14H,5,10-11H2,1-4H3,(H,23,25)(H,24,26). The van der Waals surface area contributed by atoms with Gasteiger partial charge in [0, 0.05) is 12.1 Å². The molecule has 0 aliphatic heterocycles. The van der Waals surface area contributed by atoms with Crippen LogP contribution in [-0.4, -0.2) is 10.9 Å². The van der Waals surface area contributed by atoms with Crippen LogP contribution in [0.2, 0.25) is 0 Å². The first-order chi connectivity index (χ1) is 12.4. The normalized spacial score (nSPS) is 11.7. The van der Waals surface area contributed by atoms with Crippen LogP contribution < -0.4 is 10.9 Å². The van der Waals surface area contributed by atoms with Gasteiger partial charge in [-0.2, -0.15) is 5.26 Å². The van der Waals surface area contributed by atoms with Crippen LogP contribution in [0.4, 0.5) is 0 Å². The molecule has 0 fully saturated rings. The molecule has 1 aromatic heterocycles. The molecule has 1 amide bonds. The number of carbonyl (C=O) groups excluding carboxylic acids is 1. The smallest absolute Gasteiger partial charge is 0.266 e. The van der Waals surface area contributed by atoms with Crippen LogP contribution >= 0.6 is 0 Å². The topological polar surface area (TPSA) is 85.8 Å². The quantitative estimate of drug-likeness (QED) is 0.838. The van der Waals surface area contributed by atoms with Gasteiger partial charge in [0.1, 0.15) is 11.6 Å². The number of nitriles is 1. The average Bonchev–Trinajstić information content (AvgIpc) is 2.61. The SMILES string of the molecule is CCc1ccc(C(C)NC(=O)CCc2c(C)[nH]c(=O)c(C#N)c2C)cc1. The van der Waals surface area contributed by atoms with Crippen LogP contribution in [0.1, 0.15) is 59.8 Å². The van der Waals surface area contributed by atoms with Crippen LogP contribution in [0.5, 0.6) is 0 Å². The summed E-state index contributed by atoms with van der Waals surface area (Å²) in [5, 5.41) is 12.1. The highest BCUT2D eigenvalue weighted by Crippen LogP contribution is 2.17. The van der Waals surface area contributed by atoms with E-state index in [0.717, 1.165) is 17.5 Å². The van der Waals surface area contributed by atoms with Crippen LogP contribution in [0.15, 0.2) is 29.1 Å². The van der Waals surface area contributed by atoms with Gasteiger partial charge in [0.25, 0.3) is 5.56 Å². The van der Waals surface area contributed by atoms with Gasteiger partial charge in [0.2, 0.25) is 5.91 Å². The summed E-state index contributed by atoms with van der Waals surface area (Å²) in [6.07, 6.45) is 1.77. The van der Waals surface area contributed by atoms with E-state index in [-0.39, 0.29) is 23.1 Å². The molecule has 0 saturated heterocycles. The summed E-state index contributed by atoms with van der Waals surface area (Å²) in [7, 11) is 0. The van der Waals surface area contributed by atoms with Crippen molar-refractivity contribution in [3.63, 3.8) is 0 Å². The van der Waals surface area contributed by atoms with E-state index < -0.39 is 0 Å². The second kappa shape index (κ2) is 8.48. The minimum Gasteiger partial charge on any atom is -0.350 e. The zero-order valence-electron chi connectivity index (χ0n) is 15.8. The lowest BCUT2D eigenvalue weighted by Crippen LogP contribution is -2.27. The summed E-state index contributed by atoms with van der Waals surface area (Å²) in [6.45, 7) is 7.62. The van der Waals surface area contributed by atoms with E-state index in [0.29, 0.717) is 24.1 Å². The van der Waals surface area contributed by atoms with E-state index in [9.17, 15) is 9.59 Å². The lowest BCUT2D eigenvalue weighted by Gasteiger charge is -2.16. The van der Waals surface area contributed by atoms with Crippen LogP contribution in [0, 0.1) is 25.2 Å². The molecule has 1 unspecified atom stereocenters. The molecule has 0 aliphatic carbocycles. The van der Waals surface area contributed by atoms with Crippen LogP contribution in [-0.2, 0) is 17.6 Å². The first kappa shape index (κ1) is 19.5. The Bertz CT molecular complexity index is 889. The third-order valence-corrected chi connectivity index (χ3v) is 4.79. The molecular weight excluding hydrogens is 326 g/mol. The first-order valence-electron chi connectivity index (χ1n) is 8.88. The maximum Gasteiger partial charge on any atom is 0.266 e. The fourth-order valence-electron chi connectivity index (χ4n) is 3.10. The summed E-state index contributed by atoms with van der Waals surface area (Å²) < 4.78 is 0. The van der Waals surface area contributed by atoms with Crippen molar-refractivity contribution in [2.75, 3.05) is 0 Å². The zero-order chi connectivity index (χ0) is 19.3. The van der Waals surface area contributed by atoms with Crippen molar-refractivity contribution >= 4 is 5.91 Å². The highest BCUT2D eigenvalue weighted by molar-refractivity contribution is 5.76. The van der Waals surface area contributed by atoms with Gasteiger partial charge in [-0.25, -0.2) is 0 Å². The Morgan fingerprint density at radius 3 is 2.50 bits per heavy atom. The molecule has 0 bridgehead atoms. The Labute approximate surface area is 154 Å². The maximum atomic E-state index is 12.3. The van der Waals surface area contributed by atoms with Crippen molar-refractivity contribution in [1.29, 1.82) is 5.26 Å². The zero-order valence-corrected chi connectivity index (χ0v) is 15.8. The highest BCUT2D eigenvalue weighted by Gasteiger charge is 2.14. The number of nitrogens with zero attached hydrogens (tertiary/aromatic N) is 1. The van der Waals surface area contributed by atoms with Crippen molar-refractivity contribution in [1.82, 2.24) is 10.3 Å². The van der Waals surface area contributed by atoms with Gasteiger partial charge in [-0.05, 0) is 55.9 Å². The maximum absolute atomic E-state index is 12.3. The fourth-order valence-corrected chi connectivity index (χ4v) is 3.10. The van der Waals surface area contributed by atoms with Gasteiger partial charge in [0.15, 0.2) is 0 Å². The van der Waals surface area contributed by atoms with E-state index in [4.69, 9.17) is 5.26 Å². The summed E-state index contributed by atoms with van der Waals surface area (Å²) in [5.74, 6) is -0.0550. The Hall–Kier alpha value is -2.87. The van der Waals surface area contributed by atoms with E-state index >= 15 is 0 Å². The monoisotopic (exact) mass is 351 g/mol. The minimum absolute atomic E-state index is 0.0550. The second-order valence-electron chi connectivity index (χ2n) is 6.55. The number of H-pyrrole nitrogens is 1. The second-order valence-corrected chi connectivity index (χ2v) is 6.55. The number of amides is 1. The molecule has 0 spiro atoms. The Balaban J connectivity index is 2.03. The van der Waals surface area contributed by atoms with E-state index in [1.807, 2.05) is 25.1 Å². The van der Waals surface area contributed by atoms with Crippen molar-refractivity contribution < 1.29 is 4.79 Å².